The van der Waals surface area contributed by atoms with E-state index in [-0.39, 0.29) is 0 Å². The van der Waals surface area contributed by atoms with Crippen molar-refractivity contribution in [1.82, 2.24) is 24.8 Å². The fraction of sp³-hybridized carbons (Fsp3) is 0.200. The quantitative estimate of drug-likeness (QED) is 0.420. The smallest absolute Gasteiger partial charge is 0.273 e. The van der Waals surface area contributed by atoms with Crippen LogP contribution in [0, 0.1) is 6.92 Å². The molecule has 2 rings (SSSR count). The third-order valence-corrected chi connectivity index (χ3v) is 1.46. The monoisotopic (exact) mass is 165 g/mol. The van der Waals surface area contributed by atoms with Gasteiger partial charge in [-0.2, -0.15) is 14.6 Å². The Balaban J connectivity index is 2.73. The first kappa shape index (κ1) is 6.92. The molecule has 0 saturated heterocycles. The molecular formula is C5H7N7. The number of rotatable bonds is 1. The van der Waals surface area contributed by atoms with Gasteiger partial charge in [-0.1, -0.05) is 0 Å². The van der Waals surface area contributed by atoms with Gasteiger partial charge in [-0.05, 0) is 6.92 Å². The molecular weight excluding hydrogens is 158 g/mol. The zero-order valence-corrected chi connectivity index (χ0v) is 6.39. The van der Waals surface area contributed by atoms with Crippen molar-refractivity contribution in [3.8, 4) is 0 Å². The van der Waals surface area contributed by atoms with Gasteiger partial charge in [0.05, 0.1) is 0 Å². The molecule has 0 saturated carbocycles. The molecule has 0 spiro atoms. The molecule has 0 fully saturated rings. The van der Waals surface area contributed by atoms with Crippen LogP contribution >= 0.6 is 0 Å². The number of fused-ring (bicyclic) bond motifs is 1. The maximum atomic E-state index is 5.20. The molecule has 0 amide bonds. The van der Waals surface area contributed by atoms with E-state index < -0.39 is 0 Å². The maximum absolute atomic E-state index is 5.20. The lowest BCUT2D eigenvalue weighted by molar-refractivity contribution is 0.865. The van der Waals surface area contributed by atoms with Crippen LogP contribution in [-0.2, 0) is 0 Å². The van der Waals surface area contributed by atoms with Crippen molar-refractivity contribution in [2.75, 3.05) is 5.43 Å². The van der Waals surface area contributed by atoms with E-state index in [1.807, 2.05) is 0 Å². The van der Waals surface area contributed by atoms with Gasteiger partial charge in [0.2, 0.25) is 0 Å². The van der Waals surface area contributed by atoms with Crippen LogP contribution in [0.1, 0.15) is 5.69 Å². The number of hydrogen-bond donors (Lipinski definition) is 2. The van der Waals surface area contributed by atoms with E-state index in [1.165, 1.54) is 10.8 Å². The third kappa shape index (κ3) is 0.873. The van der Waals surface area contributed by atoms with Gasteiger partial charge >= 0.3 is 0 Å². The normalized spacial score (nSPS) is 10.5. The number of aryl methyl sites for hydroxylation is 1. The molecule has 0 aromatic carbocycles. The Hall–Kier alpha value is -1.76. The minimum atomic E-state index is 0.425. The first-order chi connectivity index (χ1) is 5.81. The Morgan fingerprint density at radius 3 is 3.17 bits per heavy atom. The van der Waals surface area contributed by atoms with Crippen LogP contribution in [0.4, 0.5) is 5.82 Å². The number of aromatic nitrogens is 5. The summed E-state index contributed by atoms with van der Waals surface area (Å²) < 4.78 is 1.48. The van der Waals surface area contributed by atoms with Gasteiger partial charge in [-0.15, -0.1) is 10.2 Å². The number of anilines is 1. The van der Waals surface area contributed by atoms with Crippen LogP contribution in [0.25, 0.3) is 5.78 Å². The zero-order chi connectivity index (χ0) is 8.55. The fourth-order valence-corrected chi connectivity index (χ4v) is 0.895. The van der Waals surface area contributed by atoms with Crippen LogP contribution in [0.3, 0.4) is 0 Å². The maximum Gasteiger partial charge on any atom is 0.273 e. The number of nitrogens with one attached hydrogen (secondary N) is 1. The second-order valence-electron chi connectivity index (χ2n) is 2.27. The van der Waals surface area contributed by atoms with Gasteiger partial charge in [-0.3, -0.25) is 0 Å². The van der Waals surface area contributed by atoms with Gasteiger partial charge in [0, 0.05) is 0 Å². The van der Waals surface area contributed by atoms with Gasteiger partial charge < -0.3 is 5.43 Å². The van der Waals surface area contributed by atoms with Crippen molar-refractivity contribution in [1.29, 1.82) is 0 Å². The highest BCUT2D eigenvalue weighted by atomic mass is 15.4. The van der Waals surface area contributed by atoms with E-state index in [0.29, 0.717) is 17.3 Å². The van der Waals surface area contributed by atoms with Gasteiger partial charge in [0.1, 0.15) is 12.0 Å². The van der Waals surface area contributed by atoms with Crippen molar-refractivity contribution in [3.05, 3.63) is 12.0 Å². The number of nitrogen functional groups attached to an aromatic ring is 1. The highest BCUT2D eigenvalue weighted by Gasteiger charge is 2.03. The molecule has 7 nitrogen and oxygen atoms in total. The molecule has 0 aliphatic rings. The minimum Gasteiger partial charge on any atom is -0.307 e. The minimum absolute atomic E-state index is 0.425. The second-order valence-corrected chi connectivity index (χ2v) is 2.27. The average Bonchev–Trinajstić information content (AvgIpc) is 2.49. The molecule has 7 heteroatoms. The van der Waals surface area contributed by atoms with Crippen LogP contribution in [0.2, 0.25) is 0 Å². The number of hydrogen-bond acceptors (Lipinski definition) is 6. The molecule has 0 atom stereocenters. The lowest BCUT2D eigenvalue weighted by Crippen LogP contribution is -2.12. The van der Waals surface area contributed by atoms with Crippen molar-refractivity contribution in [2.45, 2.75) is 6.92 Å². The molecule has 2 aromatic heterocycles. The Labute approximate surface area is 67.6 Å². The number of nitrogens with two attached hydrogens (primary N) is 1. The van der Waals surface area contributed by atoms with E-state index in [9.17, 15) is 0 Å². The predicted octanol–water partition coefficient (Wildman–Crippen LogP) is -0.887. The summed E-state index contributed by atoms with van der Waals surface area (Å²) in [4.78, 5) is 4.04. The summed E-state index contributed by atoms with van der Waals surface area (Å²) in [7, 11) is 0. The summed E-state index contributed by atoms with van der Waals surface area (Å²) in [6.07, 6.45) is 1.48. The lowest BCUT2D eigenvalue weighted by atomic mass is 10.5. The summed E-state index contributed by atoms with van der Waals surface area (Å²) in [5, 5.41) is 11.4. The molecule has 62 valence electrons. The average molecular weight is 165 g/mol. The largest absolute Gasteiger partial charge is 0.307 e. The molecule has 3 N–H and O–H groups in total. The second kappa shape index (κ2) is 2.38. The van der Waals surface area contributed by atoms with Crippen molar-refractivity contribution in [2.24, 2.45) is 5.84 Å². The summed E-state index contributed by atoms with van der Waals surface area (Å²) in [6.45, 7) is 1.79. The van der Waals surface area contributed by atoms with Crippen molar-refractivity contribution < 1.29 is 0 Å². The van der Waals surface area contributed by atoms with Crippen LogP contribution in [0.5, 0.6) is 0 Å². The lowest BCUT2D eigenvalue weighted by Gasteiger charge is -2.00. The topological polar surface area (TPSA) is 94.0 Å². The van der Waals surface area contributed by atoms with Crippen LogP contribution in [-0.4, -0.2) is 24.8 Å². The first-order valence-electron chi connectivity index (χ1n) is 3.32. The Kier molecular flexibility index (Phi) is 1.37. The molecule has 0 aliphatic carbocycles. The standard InChI is InChI=1S/C5H7N7/c1-3-4(9-6)8-5-10-7-2-12(5)11-3/h2H,6H2,1H3,(H,8,9,10). The van der Waals surface area contributed by atoms with Gasteiger partial charge in [-0.25, -0.2) is 5.84 Å². The van der Waals surface area contributed by atoms with Gasteiger partial charge in [0.15, 0.2) is 5.82 Å². The molecule has 2 aromatic rings. The van der Waals surface area contributed by atoms with Crippen molar-refractivity contribution >= 4 is 11.6 Å². The van der Waals surface area contributed by atoms with Crippen LogP contribution in [0.15, 0.2) is 6.33 Å². The molecule has 0 radical (unpaired) electrons. The summed E-state index contributed by atoms with van der Waals surface area (Å²) >= 11 is 0. The summed E-state index contributed by atoms with van der Waals surface area (Å²) in [5.41, 5.74) is 3.12. The van der Waals surface area contributed by atoms with Crippen LogP contribution < -0.4 is 11.3 Å². The molecule has 12 heavy (non-hydrogen) atoms. The van der Waals surface area contributed by atoms with E-state index in [2.05, 4.69) is 25.7 Å². The Bertz CT molecular complexity index is 405. The zero-order valence-electron chi connectivity index (χ0n) is 6.39. The molecule has 0 bridgehead atoms. The van der Waals surface area contributed by atoms with E-state index in [4.69, 9.17) is 5.84 Å². The summed E-state index contributed by atoms with van der Waals surface area (Å²) in [5.74, 6) is 6.13. The van der Waals surface area contributed by atoms with E-state index >= 15 is 0 Å². The SMILES string of the molecule is Cc1nn2cnnc2nc1NN. The van der Waals surface area contributed by atoms with E-state index in [1.54, 1.807) is 6.92 Å². The summed E-state index contributed by atoms with van der Waals surface area (Å²) in [6, 6.07) is 0. The fourth-order valence-electron chi connectivity index (χ4n) is 0.895. The third-order valence-electron chi connectivity index (χ3n) is 1.46. The Morgan fingerprint density at radius 1 is 1.58 bits per heavy atom. The molecule has 0 unspecified atom stereocenters. The number of nitrogens with zero attached hydrogens (tertiary/aromatic N) is 5. The predicted molar refractivity (Wildman–Crippen MR) is 41.1 cm³/mol. The first-order valence-corrected chi connectivity index (χ1v) is 3.32. The molecule has 0 aliphatic heterocycles. The van der Waals surface area contributed by atoms with Gasteiger partial charge in [0.25, 0.3) is 5.78 Å². The highest BCUT2D eigenvalue weighted by Crippen LogP contribution is 2.05. The molecule has 2 heterocycles. The number of hydrazine groups is 1. The van der Waals surface area contributed by atoms with E-state index in [0.717, 1.165) is 0 Å². The highest BCUT2D eigenvalue weighted by molar-refractivity contribution is 5.42. The van der Waals surface area contributed by atoms with Crippen molar-refractivity contribution in [3.63, 3.8) is 0 Å². The Morgan fingerprint density at radius 2 is 2.42 bits per heavy atom.